The van der Waals surface area contributed by atoms with Gasteiger partial charge in [0.15, 0.2) is 0 Å². The van der Waals surface area contributed by atoms with Gasteiger partial charge in [-0.3, -0.25) is 10.1 Å². The van der Waals surface area contributed by atoms with Crippen molar-refractivity contribution in [3.8, 4) is 0 Å². The molecule has 0 spiro atoms. The molecule has 0 bridgehead atoms. The van der Waals surface area contributed by atoms with E-state index in [1.165, 1.54) is 6.33 Å². The Labute approximate surface area is 134 Å². The smallest absolute Gasteiger partial charge is 0.353 e. The number of thiophene rings is 1. The molecule has 7 nitrogen and oxygen atoms in total. The molecule has 0 unspecified atom stereocenters. The summed E-state index contributed by atoms with van der Waals surface area (Å²) in [4.78, 5) is 19.8. The number of hydrogen-bond acceptors (Lipinski definition) is 7. The number of halogens is 1. The number of rotatable bonds is 7. The summed E-state index contributed by atoms with van der Waals surface area (Å²) in [5, 5.41) is 17.2. The van der Waals surface area contributed by atoms with Gasteiger partial charge in [0.25, 0.3) is 0 Å². The predicted molar refractivity (Wildman–Crippen MR) is 86.8 cm³/mol. The van der Waals surface area contributed by atoms with Gasteiger partial charge in [0, 0.05) is 11.4 Å². The van der Waals surface area contributed by atoms with Crippen molar-refractivity contribution in [1.82, 2.24) is 9.97 Å². The fraction of sp³-hybridized carbons (Fsp3) is 0.333. The molecule has 0 saturated heterocycles. The van der Waals surface area contributed by atoms with Crippen LogP contribution in [0.3, 0.4) is 0 Å². The van der Waals surface area contributed by atoms with Crippen molar-refractivity contribution >= 4 is 44.6 Å². The number of aromatic nitrogens is 2. The third-order valence-electron chi connectivity index (χ3n) is 2.61. The van der Waals surface area contributed by atoms with Gasteiger partial charge in [-0.25, -0.2) is 9.97 Å². The van der Waals surface area contributed by atoms with Gasteiger partial charge in [0.2, 0.25) is 11.6 Å². The fourth-order valence-corrected chi connectivity index (χ4v) is 3.09. The third kappa shape index (κ3) is 4.11. The van der Waals surface area contributed by atoms with Gasteiger partial charge in [-0.2, -0.15) is 0 Å². The molecule has 2 rings (SSSR count). The molecule has 0 aliphatic carbocycles. The molecule has 0 radical (unpaired) electrons. The quantitative estimate of drug-likeness (QED) is 0.569. The van der Waals surface area contributed by atoms with E-state index in [2.05, 4.69) is 36.5 Å². The zero-order valence-electron chi connectivity index (χ0n) is 11.3. The van der Waals surface area contributed by atoms with E-state index in [0.717, 1.165) is 15.1 Å². The van der Waals surface area contributed by atoms with Crippen molar-refractivity contribution in [2.24, 2.45) is 0 Å². The maximum absolute atomic E-state index is 11.3. The second-order valence-corrected chi connectivity index (χ2v) is 6.71. The van der Waals surface area contributed by atoms with Crippen molar-refractivity contribution in [1.29, 1.82) is 0 Å². The van der Waals surface area contributed by atoms with E-state index < -0.39 is 4.92 Å². The zero-order valence-corrected chi connectivity index (χ0v) is 13.7. The molecular weight excluding hydrogens is 358 g/mol. The second kappa shape index (κ2) is 7.32. The average Bonchev–Trinajstić information content (AvgIpc) is 2.88. The Kier molecular flexibility index (Phi) is 5.45. The lowest BCUT2D eigenvalue weighted by molar-refractivity contribution is -0.383. The summed E-state index contributed by atoms with van der Waals surface area (Å²) in [5.74, 6) is 0.463. The van der Waals surface area contributed by atoms with Crippen LogP contribution in [0, 0.1) is 10.1 Å². The van der Waals surface area contributed by atoms with Gasteiger partial charge in [0.1, 0.15) is 6.33 Å². The SMILES string of the molecule is CCCNc1ncnc(NCc2ccc(Br)s2)c1[N+](=O)[O-]. The molecule has 2 heterocycles. The van der Waals surface area contributed by atoms with Crippen molar-refractivity contribution in [2.45, 2.75) is 19.9 Å². The lowest BCUT2D eigenvalue weighted by Crippen LogP contribution is -2.10. The molecule has 0 aliphatic rings. The lowest BCUT2D eigenvalue weighted by atomic mass is 10.4. The Morgan fingerprint density at radius 2 is 2.05 bits per heavy atom. The maximum Gasteiger partial charge on any atom is 0.353 e. The summed E-state index contributed by atoms with van der Waals surface area (Å²) >= 11 is 4.95. The fourth-order valence-electron chi connectivity index (χ4n) is 1.67. The van der Waals surface area contributed by atoms with Gasteiger partial charge < -0.3 is 10.6 Å². The first kappa shape index (κ1) is 15.6. The summed E-state index contributed by atoms with van der Waals surface area (Å²) in [5.41, 5.74) is -0.124. The zero-order chi connectivity index (χ0) is 15.2. The van der Waals surface area contributed by atoms with Gasteiger partial charge in [0.05, 0.1) is 15.3 Å². The van der Waals surface area contributed by atoms with E-state index in [4.69, 9.17) is 0 Å². The van der Waals surface area contributed by atoms with Gasteiger partial charge in [-0.05, 0) is 34.5 Å². The van der Waals surface area contributed by atoms with E-state index in [9.17, 15) is 10.1 Å². The normalized spacial score (nSPS) is 10.4. The van der Waals surface area contributed by atoms with E-state index >= 15 is 0 Å². The minimum Gasteiger partial charge on any atom is -0.364 e. The first-order valence-electron chi connectivity index (χ1n) is 6.33. The van der Waals surface area contributed by atoms with Crippen LogP contribution in [0.15, 0.2) is 22.2 Å². The Hall–Kier alpha value is -1.74. The molecule has 112 valence electrons. The lowest BCUT2D eigenvalue weighted by Gasteiger charge is -2.08. The van der Waals surface area contributed by atoms with Gasteiger partial charge in [-0.1, -0.05) is 6.92 Å². The minimum absolute atomic E-state index is 0.124. The Morgan fingerprint density at radius 3 is 2.62 bits per heavy atom. The van der Waals surface area contributed by atoms with Crippen LogP contribution < -0.4 is 10.6 Å². The van der Waals surface area contributed by atoms with Gasteiger partial charge in [-0.15, -0.1) is 11.3 Å². The molecule has 2 aromatic heterocycles. The van der Waals surface area contributed by atoms with Crippen LogP contribution in [0.1, 0.15) is 18.2 Å². The molecule has 0 fully saturated rings. The molecule has 21 heavy (non-hydrogen) atoms. The molecule has 0 atom stereocenters. The number of nitrogens with zero attached hydrogens (tertiary/aromatic N) is 3. The predicted octanol–water partition coefficient (Wildman–Crippen LogP) is 3.64. The summed E-state index contributed by atoms with van der Waals surface area (Å²) < 4.78 is 1.02. The van der Waals surface area contributed by atoms with Crippen LogP contribution in [0.4, 0.5) is 17.3 Å². The van der Waals surface area contributed by atoms with Crippen molar-refractivity contribution in [2.75, 3.05) is 17.2 Å². The Bertz CT molecular complexity index is 634. The third-order valence-corrected chi connectivity index (χ3v) is 4.23. The van der Waals surface area contributed by atoms with Crippen molar-refractivity contribution in [3.05, 3.63) is 37.2 Å². The standard InChI is InChI=1S/C12H14BrN5O2S/c1-2-5-14-11-10(18(19)20)12(17-7-16-11)15-6-8-3-4-9(13)21-8/h3-4,7H,2,5-6H2,1H3,(H2,14,15,16,17). The topological polar surface area (TPSA) is 93.0 Å². The van der Waals surface area contributed by atoms with Crippen LogP contribution >= 0.6 is 27.3 Å². The monoisotopic (exact) mass is 371 g/mol. The minimum atomic E-state index is -0.468. The molecule has 9 heteroatoms. The molecule has 0 amide bonds. The molecule has 0 saturated carbocycles. The molecule has 0 aromatic carbocycles. The van der Waals surface area contributed by atoms with Crippen molar-refractivity contribution < 1.29 is 4.92 Å². The summed E-state index contributed by atoms with van der Waals surface area (Å²) in [7, 11) is 0. The van der Waals surface area contributed by atoms with Crippen LogP contribution in [0.25, 0.3) is 0 Å². The maximum atomic E-state index is 11.3. The van der Waals surface area contributed by atoms with Crippen LogP contribution in [0.5, 0.6) is 0 Å². The summed E-state index contributed by atoms with van der Waals surface area (Å²) in [6.07, 6.45) is 2.17. The largest absolute Gasteiger partial charge is 0.364 e. The van der Waals surface area contributed by atoms with Crippen LogP contribution in [-0.4, -0.2) is 21.4 Å². The van der Waals surface area contributed by atoms with Crippen LogP contribution in [-0.2, 0) is 6.54 Å². The van der Waals surface area contributed by atoms with E-state index in [1.807, 2.05) is 19.1 Å². The molecule has 2 aromatic rings. The number of nitrogens with one attached hydrogen (secondary N) is 2. The number of hydrogen-bond donors (Lipinski definition) is 2. The Balaban J connectivity index is 2.19. The van der Waals surface area contributed by atoms with E-state index in [0.29, 0.717) is 13.1 Å². The highest BCUT2D eigenvalue weighted by Crippen LogP contribution is 2.30. The molecule has 2 N–H and O–H groups in total. The summed E-state index contributed by atoms with van der Waals surface area (Å²) in [6.45, 7) is 3.07. The second-order valence-electron chi connectivity index (χ2n) is 4.16. The van der Waals surface area contributed by atoms with E-state index in [1.54, 1.807) is 11.3 Å². The Morgan fingerprint density at radius 1 is 1.33 bits per heavy atom. The van der Waals surface area contributed by atoms with Crippen molar-refractivity contribution in [3.63, 3.8) is 0 Å². The number of anilines is 2. The first-order valence-corrected chi connectivity index (χ1v) is 7.94. The molecular formula is C12H14BrN5O2S. The highest BCUT2D eigenvalue weighted by atomic mass is 79.9. The number of nitro groups is 1. The van der Waals surface area contributed by atoms with Crippen LogP contribution in [0.2, 0.25) is 0 Å². The summed E-state index contributed by atoms with van der Waals surface area (Å²) in [6, 6.07) is 3.88. The first-order chi connectivity index (χ1) is 10.1. The highest BCUT2D eigenvalue weighted by Gasteiger charge is 2.22. The van der Waals surface area contributed by atoms with Gasteiger partial charge >= 0.3 is 5.69 Å². The highest BCUT2D eigenvalue weighted by molar-refractivity contribution is 9.11. The average molecular weight is 372 g/mol. The molecule has 0 aliphatic heterocycles. The van der Waals surface area contributed by atoms with E-state index in [-0.39, 0.29) is 17.3 Å².